The number of aryl methyl sites for hydroxylation is 1. The lowest BCUT2D eigenvalue weighted by atomic mass is 10.1. The van der Waals surface area contributed by atoms with E-state index < -0.39 is 33.8 Å². The van der Waals surface area contributed by atoms with Crippen LogP contribution in [0.25, 0.3) is 0 Å². The first-order chi connectivity index (χ1) is 12.6. The summed E-state index contributed by atoms with van der Waals surface area (Å²) in [5.41, 5.74) is 0.661. The molecule has 0 aliphatic heterocycles. The summed E-state index contributed by atoms with van der Waals surface area (Å²) in [6, 6.07) is 7.86. The maximum atomic E-state index is 13.2. The summed E-state index contributed by atoms with van der Waals surface area (Å²) in [4.78, 5) is 23.0. The van der Waals surface area contributed by atoms with Gasteiger partial charge in [0.1, 0.15) is 11.9 Å². The highest BCUT2D eigenvalue weighted by Crippen LogP contribution is 2.20. The van der Waals surface area contributed by atoms with E-state index in [0.29, 0.717) is 0 Å². The van der Waals surface area contributed by atoms with Crippen molar-refractivity contribution in [2.75, 3.05) is 4.72 Å². The van der Waals surface area contributed by atoms with Crippen molar-refractivity contribution in [1.82, 2.24) is 5.32 Å². The zero-order valence-corrected chi connectivity index (χ0v) is 15.5. The topological polar surface area (TPSA) is 113 Å². The number of hydrogen-bond acceptors (Lipinski definition) is 4. The van der Waals surface area contributed by atoms with E-state index in [2.05, 4.69) is 10.0 Å². The Bertz CT molecular complexity index is 958. The molecule has 0 saturated carbocycles. The van der Waals surface area contributed by atoms with Crippen LogP contribution < -0.4 is 10.0 Å². The molecule has 9 heteroatoms. The zero-order chi connectivity index (χ0) is 20.2. The second kappa shape index (κ2) is 8.17. The Balaban J connectivity index is 2.15. The van der Waals surface area contributed by atoms with Crippen molar-refractivity contribution in [1.29, 1.82) is 0 Å². The molecule has 0 saturated heterocycles. The highest BCUT2D eigenvalue weighted by atomic mass is 32.2. The van der Waals surface area contributed by atoms with Gasteiger partial charge in [0.05, 0.1) is 4.90 Å². The third-order valence-corrected chi connectivity index (χ3v) is 5.38. The number of aliphatic carboxylic acids is 1. The molecule has 2 aromatic carbocycles. The maximum absolute atomic E-state index is 13.2. The Morgan fingerprint density at radius 3 is 2.30 bits per heavy atom. The van der Waals surface area contributed by atoms with E-state index in [1.807, 2.05) is 0 Å². The smallest absolute Gasteiger partial charge is 0.326 e. The summed E-state index contributed by atoms with van der Waals surface area (Å²) in [7, 11) is -3.92. The van der Waals surface area contributed by atoms with Crippen molar-refractivity contribution < 1.29 is 27.5 Å². The molecule has 0 fully saturated rings. The predicted octanol–water partition coefficient (Wildman–Crippen LogP) is 2.53. The molecule has 0 aromatic heterocycles. The fourth-order valence-electron chi connectivity index (χ4n) is 2.39. The van der Waals surface area contributed by atoms with Gasteiger partial charge in [-0.25, -0.2) is 17.6 Å². The molecule has 0 radical (unpaired) electrons. The Morgan fingerprint density at radius 1 is 1.15 bits per heavy atom. The molecule has 2 aromatic rings. The first-order valence-electron chi connectivity index (χ1n) is 8.06. The van der Waals surface area contributed by atoms with E-state index >= 15 is 0 Å². The van der Waals surface area contributed by atoms with Gasteiger partial charge in [-0.3, -0.25) is 9.52 Å². The third-order valence-electron chi connectivity index (χ3n) is 3.84. The van der Waals surface area contributed by atoms with E-state index in [-0.39, 0.29) is 28.1 Å². The Morgan fingerprint density at radius 2 is 1.78 bits per heavy atom. The van der Waals surface area contributed by atoms with E-state index in [0.717, 1.165) is 12.1 Å². The number of hydrogen-bond donors (Lipinski definition) is 3. The van der Waals surface area contributed by atoms with Gasteiger partial charge in [-0.2, -0.15) is 0 Å². The van der Waals surface area contributed by atoms with Crippen LogP contribution in [0.15, 0.2) is 47.4 Å². The van der Waals surface area contributed by atoms with Gasteiger partial charge in [-0.1, -0.05) is 6.92 Å². The minimum atomic E-state index is -3.92. The monoisotopic (exact) mass is 394 g/mol. The minimum Gasteiger partial charge on any atom is -0.480 e. The normalized spacial score (nSPS) is 12.3. The number of rotatable bonds is 7. The highest BCUT2D eigenvalue weighted by Gasteiger charge is 2.20. The van der Waals surface area contributed by atoms with Crippen LogP contribution >= 0.6 is 0 Å². The standard InChI is InChI=1S/C18H19FN2O5S/c1-3-15(18(23)24)20-17(22)12-4-7-14(8-5-12)21-27(25,26)16-9-6-13(19)10-11(16)2/h4-10,15,21H,3H2,1-2H3,(H,20,22)(H,23,24)/t15-/m0/s1. The van der Waals surface area contributed by atoms with Gasteiger partial charge in [0.2, 0.25) is 0 Å². The number of carbonyl (C=O) groups excluding carboxylic acids is 1. The van der Waals surface area contributed by atoms with Gasteiger partial charge >= 0.3 is 5.97 Å². The van der Waals surface area contributed by atoms with Crippen molar-refractivity contribution in [3.05, 3.63) is 59.4 Å². The molecule has 0 unspecified atom stereocenters. The molecule has 0 bridgehead atoms. The van der Waals surface area contributed by atoms with Crippen molar-refractivity contribution in [2.45, 2.75) is 31.2 Å². The van der Waals surface area contributed by atoms with Crippen LogP contribution in [0.3, 0.4) is 0 Å². The van der Waals surface area contributed by atoms with Gasteiger partial charge in [0, 0.05) is 11.3 Å². The van der Waals surface area contributed by atoms with Gasteiger partial charge in [0.25, 0.3) is 15.9 Å². The number of benzene rings is 2. The lowest BCUT2D eigenvalue weighted by Gasteiger charge is -2.13. The lowest BCUT2D eigenvalue weighted by Crippen LogP contribution is -2.40. The second-order valence-electron chi connectivity index (χ2n) is 5.87. The van der Waals surface area contributed by atoms with Crippen molar-refractivity contribution in [3.63, 3.8) is 0 Å². The average molecular weight is 394 g/mol. The van der Waals surface area contributed by atoms with Crippen LogP contribution in [0.1, 0.15) is 29.3 Å². The molecule has 0 aliphatic carbocycles. The van der Waals surface area contributed by atoms with E-state index in [4.69, 9.17) is 5.11 Å². The molecule has 0 aliphatic rings. The van der Waals surface area contributed by atoms with Gasteiger partial charge in [0.15, 0.2) is 0 Å². The molecule has 0 spiro atoms. The summed E-state index contributed by atoms with van der Waals surface area (Å²) in [6.45, 7) is 3.12. The van der Waals surface area contributed by atoms with Gasteiger partial charge < -0.3 is 10.4 Å². The number of carboxylic acid groups (broad SMARTS) is 1. The van der Waals surface area contributed by atoms with Crippen LogP contribution in [-0.2, 0) is 14.8 Å². The van der Waals surface area contributed by atoms with Crippen LogP contribution in [0.5, 0.6) is 0 Å². The lowest BCUT2D eigenvalue weighted by molar-refractivity contribution is -0.139. The quantitative estimate of drug-likeness (QED) is 0.668. The Hall–Kier alpha value is -2.94. The Labute approximate surface area is 156 Å². The fraction of sp³-hybridized carbons (Fsp3) is 0.222. The predicted molar refractivity (Wildman–Crippen MR) is 97.6 cm³/mol. The fourth-order valence-corrected chi connectivity index (χ4v) is 3.68. The van der Waals surface area contributed by atoms with E-state index in [1.165, 1.54) is 37.3 Å². The summed E-state index contributed by atoms with van der Waals surface area (Å²) in [5, 5.41) is 11.3. The summed E-state index contributed by atoms with van der Waals surface area (Å²) >= 11 is 0. The van der Waals surface area contributed by atoms with E-state index in [9.17, 15) is 22.4 Å². The van der Waals surface area contributed by atoms with Gasteiger partial charge in [-0.05, 0) is 61.4 Å². The molecule has 7 nitrogen and oxygen atoms in total. The molecule has 27 heavy (non-hydrogen) atoms. The molecule has 2 rings (SSSR count). The number of halogens is 1. The number of nitrogens with one attached hydrogen (secondary N) is 2. The molecule has 0 heterocycles. The molecule has 1 amide bonds. The molecule has 3 N–H and O–H groups in total. The zero-order valence-electron chi connectivity index (χ0n) is 14.7. The van der Waals surface area contributed by atoms with Crippen LogP contribution in [0, 0.1) is 12.7 Å². The van der Waals surface area contributed by atoms with Crippen molar-refractivity contribution >= 4 is 27.6 Å². The molecule has 1 atom stereocenters. The average Bonchev–Trinajstić information content (AvgIpc) is 2.59. The van der Waals surface area contributed by atoms with Gasteiger partial charge in [-0.15, -0.1) is 0 Å². The molecule has 144 valence electrons. The number of anilines is 1. The van der Waals surface area contributed by atoms with Crippen LogP contribution in [0.2, 0.25) is 0 Å². The maximum Gasteiger partial charge on any atom is 0.326 e. The highest BCUT2D eigenvalue weighted by molar-refractivity contribution is 7.92. The summed E-state index contributed by atoms with van der Waals surface area (Å²) in [6.07, 6.45) is 0.232. The number of sulfonamides is 1. The third kappa shape index (κ3) is 5.04. The summed E-state index contributed by atoms with van der Waals surface area (Å²) in [5.74, 6) is -2.24. The number of amides is 1. The second-order valence-corrected chi connectivity index (χ2v) is 7.52. The van der Waals surface area contributed by atoms with E-state index in [1.54, 1.807) is 6.92 Å². The van der Waals surface area contributed by atoms with Crippen molar-refractivity contribution in [3.8, 4) is 0 Å². The Kier molecular flexibility index (Phi) is 6.17. The molecular weight excluding hydrogens is 375 g/mol. The SMILES string of the molecule is CC[C@H](NC(=O)c1ccc(NS(=O)(=O)c2ccc(F)cc2C)cc1)C(=O)O. The number of carbonyl (C=O) groups is 2. The molecular formula is C18H19FN2O5S. The summed E-state index contributed by atoms with van der Waals surface area (Å²) < 4.78 is 40.4. The number of carboxylic acids is 1. The van der Waals surface area contributed by atoms with Crippen LogP contribution in [0.4, 0.5) is 10.1 Å². The minimum absolute atomic E-state index is 0.0574. The van der Waals surface area contributed by atoms with Crippen molar-refractivity contribution in [2.24, 2.45) is 0 Å². The first-order valence-corrected chi connectivity index (χ1v) is 9.55. The largest absolute Gasteiger partial charge is 0.480 e. The van der Waals surface area contributed by atoms with Crippen LogP contribution in [-0.4, -0.2) is 31.4 Å². The first kappa shape index (κ1) is 20.4.